The number of nitrogens with one attached hydrogen (secondary N) is 1. The summed E-state index contributed by atoms with van der Waals surface area (Å²) in [5.74, 6) is 0. The van der Waals surface area contributed by atoms with Gasteiger partial charge in [-0.15, -0.1) is 0 Å². The molecule has 0 unspecified atom stereocenters. The minimum absolute atomic E-state index is 0. The molecule has 1 N–H and O–H groups in total. The zero-order valence-corrected chi connectivity index (χ0v) is 6.64. The van der Waals surface area contributed by atoms with Gasteiger partial charge in [0.1, 0.15) is 0 Å². The van der Waals surface area contributed by atoms with Crippen molar-refractivity contribution in [1.29, 1.82) is 0 Å². The van der Waals surface area contributed by atoms with E-state index >= 15 is 0 Å². The van der Waals surface area contributed by atoms with Crippen molar-refractivity contribution in [2.75, 3.05) is 13.7 Å². The molecule has 0 fully saturated rings. The van der Waals surface area contributed by atoms with Crippen LogP contribution in [0.2, 0.25) is 0 Å². The maximum Gasteiger partial charge on any atom is 0.406 e. The first-order chi connectivity index (χ1) is 4.81. The second-order valence-corrected chi connectivity index (χ2v) is 2.09. The number of unbranched alkanes of at least 4 members (excludes halogenated alkanes) is 2. The van der Waals surface area contributed by atoms with Crippen LogP contribution in [0.25, 0.3) is 0 Å². The minimum atomic E-state index is -0.337. The predicted octanol–water partition coefficient (Wildman–Crippen LogP) is 1.78. The third-order valence-electron chi connectivity index (χ3n) is 1.19. The number of amides is 1. The lowest BCUT2D eigenvalue weighted by atomic mass is 10.3. The smallest absolute Gasteiger partial charge is 0.406 e. The zero-order chi connectivity index (χ0) is 7.82. The van der Waals surface area contributed by atoms with Gasteiger partial charge in [0.2, 0.25) is 0 Å². The minimum Gasteiger partial charge on any atom is -0.450 e. The summed E-state index contributed by atoms with van der Waals surface area (Å²) in [4.78, 5) is 10.4. The molecule has 0 aromatic rings. The van der Waals surface area contributed by atoms with Crippen molar-refractivity contribution in [1.82, 2.24) is 5.32 Å². The Morgan fingerprint density at radius 3 is 2.80 bits per heavy atom. The average Bonchev–Trinajstić information content (AvgIpc) is 1.98. The van der Waals surface area contributed by atoms with Gasteiger partial charge >= 0.3 is 6.09 Å². The number of alkyl carbamates (subject to hydrolysis) is 1. The highest BCUT2D eigenvalue weighted by atomic mass is 16.5. The highest BCUT2D eigenvalue weighted by Crippen LogP contribution is 1.93. The molecular formula is C7H17NO2. The second kappa shape index (κ2) is 6.39. The Bertz CT molecular complexity index is 98.4. The largest absolute Gasteiger partial charge is 0.450 e. The van der Waals surface area contributed by atoms with E-state index in [1.165, 1.54) is 0 Å². The molecule has 0 rings (SSSR count). The lowest BCUT2D eigenvalue weighted by Crippen LogP contribution is -2.19. The van der Waals surface area contributed by atoms with Crippen molar-refractivity contribution >= 4 is 6.09 Å². The van der Waals surface area contributed by atoms with Crippen molar-refractivity contribution in [3.63, 3.8) is 0 Å². The number of ether oxygens (including phenoxy) is 1. The molecule has 0 radical (unpaired) electrons. The van der Waals surface area contributed by atoms with Gasteiger partial charge < -0.3 is 10.1 Å². The highest BCUT2D eigenvalue weighted by Gasteiger charge is 1.94. The molecule has 0 aromatic heterocycles. The van der Waals surface area contributed by atoms with Crippen LogP contribution in [0, 0.1) is 0 Å². The van der Waals surface area contributed by atoms with Crippen molar-refractivity contribution in [2.45, 2.75) is 26.2 Å². The van der Waals surface area contributed by atoms with Crippen LogP contribution in [0.15, 0.2) is 0 Å². The SMILES string of the molecule is CCCCCOC(=O)NC.[HH]. The first-order valence-electron chi connectivity index (χ1n) is 3.65. The summed E-state index contributed by atoms with van der Waals surface area (Å²) in [6.45, 7) is 2.65. The molecule has 3 heteroatoms. The highest BCUT2D eigenvalue weighted by molar-refractivity contribution is 5.66. The number of hydrogen-bond acceptors (Lipinski definition) is 2. The molecule has 0 aromatic carbocycles. The van der Waals surface area contributed by atoms with E-state index < -0.39 is 0 Å². The summed E-state index contributed by atoms with van der Waals surface area (Å²) in [6.07, 6.45) is 2.90. The van der Waals surface area contributed by atoms with Crippen LogP contribution in [-0.4, -0.2) is 19.7 Å². The van der Waals surface area contributed by atoms with Crippen molar-refractivity contribution in [3.05, 3.63) is 0 Å². The van der Waals surface area contributed by atoms with Crippen molar-refractivity contribution in [3.8, 4) is 0 Å². The van der Waals surface area contributed by atoms with E-state index in [1.54, 1.807) is 7.05 Å². The Labute approximate surface area is 63.2 Å². The number of carbonyl (C=O) groups excluding carboxylic acids is 1. The molecule has 10 heavy (non-hydrogen) atoms. The zero-order valence-electron chi connectivity index (χ0n) is 6.64. The summed E-state index contributed by atoms with van der Waals surface area (Å²) < 4.78 is 4.74. The van der Waals surface area contributed by atoms with Crippen molar-refractivity contribution in [2.24, 2.45) is 0 Å². The van der Waals surface area contributed by atoms with E-state index in [1.807, 2.05) is 0 Å². The van der Waals surface area contributed by atoms with Gasteiger partial charge in [0.25, 0.3) is 0 Å². The van der Waals surface area contributed by atoms with Gasteiger partial charge in [-0.2, -0.15) is 0 Å². The number of rotatable bonds is 4. The summed E-state index contributed by atoms with van der Waals surface area (Å²) in [5.41, 5.74) is 0. The number of hydrogen-bond donors (Lipinski definition) is 1. The predicted molar refractivity (Wildman–Crippen MR) is 42.0 cm³/mol. The summed E-state index contributed by atoms with van der Waals surface area (Å²) in [7, 11) is 1.56. The van der Waals surface area contributed by atoms with E-state index in [0.717, 1.165) is 19.3 Å². The molecule has 0 atom stereocenters. The first-order valence-corrected chi connectivity index (χ1v) is 3.65. The molecule has 0 bridgehead atoms. The molecule has 0 heterocycles. The van der Waals surface area contributed by atoms with Crippen LogP contribution in [-0.2, 0) is 4.74 Å². The Hall–Kier alpha value is -0.730. The lowest BCUT2D eigenvalue weighted by Gasteiger charge is -2.01. The molecular weight excluding hydrogens is 130 g/mol. The lowest BCUT2D eigenvalue weighted by molar-refractivity contribution is 0.146. The van der Waals surface area contributed by atoms with Gasteiger partial charge in [-0.1, -0.05) is 19.8 Å². The van der Waals surface area contributed by atoms with Gasteiger partial charge in [0.15, 0.2) is 0 Å². The van der Waals surface area contributed by atoms with Crippen LogP contribution >= 0.6 is 0 Å². The van der Waals surface area contributed by atoms with E-state index in [0.29, 0.717) is 6.61 Å². The summed E-state index contributed by atoms with van der Waals surface area (Å²) in [5, 5.41) is 2.38. The fourth-order valence-electron chi connectivity index (χ4n) is 0.589. The van der Waals surface area contributed by atoms with Gasteiger partial charge in [-0.3, -0.25) is 0 Å². The van der Waals surface area contributed by atoms with E-state index in [2.05, 4.69) is 12.2 Å². The Kier molecular flexibility index (Phi) is 5.92. The third kappa shape index (κ3) is 5.41. The molecule has 3 nitrogen and oxygen atoms in total. The third-order valence-corrected chi connectivity index (χ3v) is 1.19. The molecule has 1 amide bonds. The number of carbonyl (C=O) groups is 1. The van der Waals surface area contributed by atoms with Crippen molar-refractivity contribution < 1.29 is 11.0 Å². The van der Waals surface area contributed by atoms with E-state index in [-0.39, 0.29) is 7.52 Å². The maximum atomic E-state index is 10.4. The Balaban J connectivity index is 0. The standard InChI is InChI=1S/C7H15NO2.H2/c1-3-4-5-6-10-7(9)8-2;/h3-6H2,1-2H3,(H,8,9);1H. The van der Waals surface area contributed by atoms with Gasteiger partial charge in [0.05, 0.1) is 6.61 Å². The second-order valence-electron chi connectivity index (χ2n) is 2.09. The molecule has 0 aliphatic carbocycles. The van der Waals surface area contributed by atoms with E-state index in [9.17, 15) is 4.79 Å². The normalized spacial score (nSPS) is 9.00. The van der Waals surface area contributed by atoms with Crippen LogP contribution in [0.5, 0.6) is 0 Å². The quantitative estimate of drug-likeness (QED) is 0.615. The molecule has 0 saturated carbocycles. The molecule has 0 saturated heterocycles. The summed E-state index contributed by atoms with van der Waals surface area (Å²) >= 11 is 0. The van der Waals surface area contributed by atoms with Crippen LogP contribution < -0.4 is 5.32 Å². The van der Waals surface area contributed by atoms with Crippen LogP contribution in [0.4, 0.5) is 4.79 Å². The average molecular weight is 147 g/mol. The topological polar surface area (TPSA) is 38.3 Å². The Morgan fingerprint density at radius 2 is 2.30 bits per heavy atom. The molecule has 0 aliphatic rings. The van der Waals surface area contributed by atoms with Gasteiger partial charge in [0, 0.05) is 8.47 Å². The maximum absolute atomic E-state index is 10.4. The van der Waals surface area contributed by atoms with Crippen LogP contribution in [0.1, 0.15) is 27.6 Å². The molecule has 0 spiro atoms. The Morgan fingerprint density at radius 1 is 1.60 bits per heavy atom. The monoisotopic (exact) mass is 147 g/mol. The fourth-order valence-corrected chi connectivity index (χ4v) is 0.589. The van der Waals surface area contributed by atoms with E-state index in [4.69, 9.17) is 4.74 Å². The van der Waals surface area contributed by atoms with Gasteiger partial charge in [-0.05, 0) is 6.42 Å². The van der Waals surface area contributed by atoms with Gasteiger partial charge in [-0.25, -0.2) is 4.79 Å². The van der Waals surface area contributed by atoms with Crippen LogP contribution in [0.3, 0.4) is 0 Å². The fraction of sp³-hybridized carbons (Fsp3) is 0.857. The first kappa shape index (κ1) is 9.27. The molecule has 62 valence electrons. The molecule has 0 aliphatic heterocycles. The summed E-state index contributed by atoms with van der Waals surface area (Å²) in [6, 6.07) is 0.